The predicted molar refractivity (Wildman–Crippen MR) is 139 cm³/mol. The van der Waals surface area contributed by atoms with Crippen LogP contribution < -0.4 is 5.73 Å². The number of carbonyl (C=O) groups is 1. The van der Waals surface area contributed by atoms with Crippen molar-refractivity contribution >= 4 is 39.1 Å². The summed E-state index contributed by atoms with van der Waals surface area (Å²) in [7, 11) is 0. The molecule has 1 aliphatic heterocycles. The van der Waals surface area contributed by atoms with Gasteiger partial charge in [0.1, 0.15) is 11.8 Å². The van der Waals surface area contributed by atoms with Gasteiger partial charge in [-0.25, -0.2) is 4.68 Å². The Morgan fingerprint density at radius 2 is 1.83 bits per heavy atom. The van der Waals surface area contributed by atoms with E-state index in [9.17, 15) is 4.79 Å². The zero-order chi connectivity index (χ0) is 24.5. The first-order chi connectivity index (χ1) is 16.9. The number of halogens is 2. The number of anilines is 1. The summed E-state index contributed by atoms with van der Waals surface area (Å²) in [6.07, 6.45) is 3.01. The van der Waals surface area contributed by atoms with Crippen molar-refractivity contribution in [2.45, 2.75) is 25.7 Å². The van der Waals surface area contributed by atoms with E-state index in [0.717, 1.165) is 21.3 Å². The molecule has 4 aromatic rings. The van der Waals surface area contributed by atoms with Crippen molar-refractivity contribution in [1.29, 1.82) is 0 Å². The van der Waals surface area contributed by atoms with Gasteiger partial charge in [0.15, 0.2) is 6.23 Å². The first kappa shape index (κ1) is 23.5. The van der Waals surface area contributed by atoms with E-state index in [1.807, 2.05) is 60.8 Å². The lowest BCUT2D eigenvalue weighted by Crippen LogP contribution is -2.32. The molecule has 2 atom stereocenters. The number of pyridine rings is 1. The maximum atomic E-state index is 13.1. The molecule has 0 bridgehead atoms. The topological polar surface area (TPSA) is 86.3 Å². The minimum absolute atomic E-state index is 0.0585. The Kier molecular flexibility index (Phi) is 6.60. The van der Waals surface area contributed by atoms with Gasteiger partial charge in [0.05, 0.1) is 16.4 Å². The molecule has 35 heavy (non-hydrogen) atoms. The Hall–Kier alpha value is -3.20. The van der Waals surface area contributed by atoms with Crippen LogP contribution in [0.5, 0.6) is 0 Å². The Balaban J connectivity index is 1.53. The number of amides is 1. The highest BCUT2D eigenvalue weighted by atomic mass is 79.9. The summed E-state index contributed by atoms with van der Waals surface area (Å²) < 4.78 is 8.93. The summed E-state index contributed by atoms with van der Waals surface area (Å²) >= 11 is 9.55. The number of benzene rings is 2. The number of rotatable bonds is 6. The van der Waals surface area contributed by atoms with E-state index in [1.165, 1.54) is 0 Å². The molecule has 0 saturated carbocycles. The predicted octanol–water partition coefficient (Wildman–Crippen LogP) is 5.42. The number of hydrogen-bond donors (Lipinski definition) is 1. The number of carbonyl (C=O) groups excluding carboxylic acids is 1. The monoisotopic (exact) mass is 551 g/mol. The fourth-order valence-corrected chi connectivity index (χ4v) is 4.46. The standard InChI is InChI=1S/C26H23BrClN5O2/c1-16-25(34)32(13-12-17-2-7-20(29)8-3-17)26(35-16)22-15-33(21-9-4-18(27)5-10-21)31-24(22)23-11-6-19(28)14-30-23/h2-11,14-16,26H,12-13,29H2,1H3/t16-,26+/m0/s1. The molecule has 2 aromatic heterocycles. The Bertz CT molecular complexity index is 1340. The lowest BCUT2D eigenvalue weighted by molar-refractivity contribution is -0.130. The van der Waals surface area contributed by atoms with Crippen LogP contribution in [0.25, 0.3) is 17.1 Å². The summed E-state index contributed by atoms with van der Waals surface area (Å²) in [5.41, 5.74) is 10.5. The van der Waals surface area contributed by atoms with Crippen molar-refractivity contribution in [2.75, 3.05) is 12.3 Å². The van der Waals surface area contributed by atoms with Crippen LogP contribution in [-0.4, -0.2) is 38.2 Å². The molecular weight excluding hydrogens is 530 g/mol. The van der Waals surface area contributed by atoms with E-state index in [4.69, 9.17) is 27.2 Å². The first-order valence-electron chi connectivity index (χ1n) is 11.2. The summed E-state index contributed by atoms with van der Waals surface area (Å²) in [4.78, 5) is 19.3. The number of nitrogen functional groups attached to an aromatic ring is 1. The SMILES string of the molecule is C[C@@H]1O[C@H](c2cn(-c3ccc(Br)cc3)nc2-c2ccc(Cl)cn2)N(CCc2ccc(N)cc2)C1=O. The van der Waals surface area contributed by atoms with Crippen LogP contribution >= 0.6 is 27.5 Å². The largest absolute Gasteiger partial charge is 0.399 e. The summed E-state index contributed by atoms with van der Waals surface area (Å²) in [5, 5.41) is 5.37. The van der Waals surface area contributed by atoms with Crippen LogP contribution in [0.15, 0.2) is 77.5 Å². The minimum Gasteiger partial charge on any atom is -0.399 e. The molecule has 7 nitrogen and oxygen atoms in total. The van der Waals surface area contributed by atoms with Gasteiger partial charge in [-0.3, -0.25) is 9.78 Å². The van der Waals surface area contributed by atoms with Gasteiger partial charge in [0, 0.05) is 34.7 Å². The molecule has 178 valence electrons. The van der Waals surface area contributed by atoms with Crippen LogP contribution in [0.4, 0.5) is 5.69 Å². The minimum atomic E-state index is -0.594. The van der Waals surface area contributed by atoms with Gasteiger partial charge in [-0.15, -0.1) is 0 Å². The normalized spacial score (nSPS) is 17.8. The van der Waals surface area contributed by atoms with Crippen molar-refractivity contribution in [1.82, 2.24) is 19.7 Å². The molecule has 3 heterocycles. The highest BCUT2D eigenvalue weighted by Crippen LogP contribution is 2.37. The third-order valence-electron chi connectivity index (χ3n) is 5.94. The van der Waals surface area contributed by atoms with Gasteiger partial charge >= 0.3 is 0 Å². The van der Waals surface area contributed by atoms with Crippen LogP contribution in [0.2, 0.25) is 5.02 Å². The molecule has 1 fully saturated rings. The van der Waals surface area contributed by atoms with Gasteiger partial charge in [0.2, 0.25) is 0 Å². The second-order valence-electron chi connectivity index (χ2n) is 8.37. The van der Waals surface area contributed by atoms with Crippen LogP contribution in [-0.2, 0) is 16.0 Å². The third-order valence-corrected chi connectivity index (χ3v) is 6.69. The van der Waals surface area contributed by atoms with Crippen LogP contribution in [0.1, 0.15) is 24.3 Å². The average molecular weight is 553 g/mol. The van der Waals surface area contributed by atoms with Gasteiger partial charge in [0.25, 0.3) is 5.91 Å². The van der Waals surface area contributed by atoms with Crippen molar-refractivity contribution in [3.8, 4) is 17.1 Å². The molecule has 9 heteroatoms. The first-order valence-corrected chi connectivity index (χ1v) is 12.3. The summed E-state index contributed by atoms with van der Waals surface area (Å²) in [6.45, 7) is 2.27. The van der Waals surface area contributed by atoms with E-state index >= 15 is 0 Å². The number of hydrogen-bond acceptors (Lipinski definition) is 5. The van der Waals surface area contributed by atoms with Gasteiger partial charge in [-0.2, -0.15) is 5.10 Å². The van der Waals surface area contributed by atoms with Crippen LogP contribution in [0, 0.1) is 0 Å². The zero-order valence-electron chi connectivity index (χ0n) is 18.9. The van der Waals surface area contributed by atoms with Crippen molar-refractivity contribution in [3.05, 3.63) is 93.7 Å². The molecule has 1 amide bonds. The quantitative estimate of drug-likeness (QED) is 0.323. The average Bonchev–Trinajstić information content (AvgIpc) is 3.41. The molecule has 0 aliphatic carbocycles. The van der Waals surface area contributed by atoms with Crippen molar-refractivity contribution in [3.63, 3.8) is 0 Å². The number of nitrogens with two attached hydrogens (primary N) is 1. The number of aromatic nitrogens is 3. The molecule has 2 aromatic carbocycles. The van der Waals surface area contributed by atoms with Gasteiger partial charge in [-0.1, -0.05) is 39.7 Å². The number of ether oxygens (including phenoxy) is 1. The van der Waals surface area contributed by atoms with E-state index in [-0.39, 0.29) is 5.91 Å². The fraction of sp³-hybridized carbons (Fsp3) is 0.192. The second kappa shape index (κ2) is 9.81. The highest BCUT2D eigenvalue weighted by Gasteiger charge is 2.40. The van der Waals surface area contributed by atoms with E-state index < -0.39 is 12.3 Å². The molecule has 1 saturated heterocycles. The third kappa shape index (κ3) is 4.96. The molecule has 1 aliphatic rings. The van der Waals surface area contributed by atoms with E-state index in [1.54, 1.807) is 28.8 Å². The molecular formula is C26H23BrClN5O2. The molecule has 5 rings (SSSR count). The molecule has 0 unspecified atom stereocenters. The lowest BCUT2D eigenvalue weighted by atomic mass is 10.1. The molecule has 2 N–H and O–H groups in total. The Morgan fingerprint density at radius 3 is 2.51 bits per heavy atom. The maximum absolute atomic E-state index is 13.1. The lowest BCUT2D eigenvalue weighted by Gasteiger charge is -2.23. The number of nitrogens with zero attached hydrogens (tertiary/aromatic N) is 4. The van der Waals surface area contributed by atoms with E-state index in [0.29, 0.717) is 35.1 Å². The zero-order valence-corrected chi connectivity index (χ0v) is 21.3. The van der Waals surface area contributed by atoms with Crippen molar-refractivity contribution < 1.29 is 9.53 Å². The fourth-order valence-electron chi connectivity index (χ4n) is 4.09. The Labute approximate surface area is 216 Å². The second-order valence-corrected chi connectivity index (χ2v) is 9.72. The maximum Gasteiger partial charge on any atom is 0.253 e. The smallest absolute Gasteiger partial charge is 0.253 e. The molecule has 0 spiro atoms. The summed E-state index contributed by atoms with van der Waals surface area (Å²) in [5.74, 6) is -0.0585. The Morgan fingerprint density at radius 1 is 1.09 bits per heavy atom. The van der Waals surface area contributed by atoms with Crippen LogP contribution in [0.3, 0.4) is 0 Å². The highest BCUT2D eigenvalue weighted by molar-refractivity contribution is 9.10. The van der Waals surface area contributed by atoms with E-state index in [2.05, 4.69) is 20.9 Å². The summed E-state index contributed by atoms with van der Waals surface area (Å²) in [6, 6.07) is 19.1. The van der Waals surface area contributed by atoms with Gasteiger partial charge in [-0.05, 0) is 67.4 Å². The van der Waals surface area contributed by atoms with Gasteiger partial charge < -0.3 is 15.4 Å². The molecule has 0 radical (unpaired) electrons. The van der Waals surface area contributed by atoms with Crippen molar-refractivity contribution in [2.24, 2.45) is 0 Å².